The van der Waals surface area contributed by atoms with Gasteiger partial charge in [-0.1, -0.05) is 30.3 Å². The first-order valence-electron chi connectivity index (χ1n) is 10.6. The van der Waals surface area contributed by atoms with E-state index < -0.39 is 0 Å². The fraction of sp³-hybridized carbons (Fsp3) is 0.231. The standard InChI is InChI=1S/C26H26N3O.BrH/c1-30-25-10-5-4-9-23(25)29-19-24(28-17-6-2-3-11-26(28)29)21-14-12-20(13-15-21)22-8-7-16-27-18-22;/h4-5,7-10,12-16,18-19H,2-3,6,11,17H2,1H3;1H/q+1;/p-1. The van der Waals surface area contributed by atoms with Gasteiger partial charge < -0.3 is 21.7 Å². The van der Waals surface area contributed by atoms with Gasteiger partial charge in [-0.25, -0.2) is 4.57 Å². The number of fused-ring (bicyclic) bond motifs is 1. The molecule has 0 aliphatic carbocycles. The van der Waals surface area contributed by atoms with Gasteiger partial charge in [0.05, 0.1) is 13.7 Å². The van der Waals surface area contributed by atoms with Gasteiger partial charge in [-0.15, -0.1) is 0 Å². The van der Waals surface area contributed by atoms with Crippen molar-refractivity contribution in [1.82, 2.24) is 9.55 Å². The largest absolute Gasteiger partial charge is 1.00 e. The number of aromatic nitrogens is 3. The van der Waals surface area contributed by atoms with E-state index in [9.17, 15) is 0 Å². The lowest BCUT2D eigenvalue weighted by molar-refractivity contribution is -0.604. The Bertz CT molecular complexity index is 1150. The Morgan fingerprint density at radius 2 is 1.68 bits per heavy atom. The molecule has 5 rings (SSSR count). The number of pyridine rings is 1. The number of methoxy groups -OCH3 is 1. The van der Waals surface area contributed by atoms with Crippen LogP contribution >= 0.6 is 0 Å². The molecule has 0 N–H and O–H groups in total. The molecule has 0 spiro atoms. The molecule has 1 aliphatic rings. The fourth-order valence-corrected chi connectivity index (χ4v) is 4.41. The second-order valence-corrected chi connectivity index (χ2v) is 7.75. The number of para-hydroxylation sites is 2. The highest BCUT2D eigenvalue weighted by molar-refractivity contribution is 5.68. The van der Waals surface area contributed by atoms with Gasteiger partial charge in [0.1, 0.15) is 6.20 Å². The smallest absolute Gasteiger partial charge is 0.262 e. The lowest BCUT2D eigenvalue weighted by atomic mass is 10.0. The van der Waals surface area contributed by atoms with Crippen LogP contribution in [0.3, 0.4) is 0 Å². The van der Waals surface area contributed by atoms with E-state index in [0.29, 0.717) is 0 Å². The second kappa shape index (κ2) is 9.48. The zero-order chi connectivity index (χ0) is 20.3. The van der Waals surface area contributed by atoms with Crippen molar-refractivity contribution in [3.8, 4) is 33.8 Å². The van der Waals surface area contributed by atoms with E-state index in [-0.39, 0.29) is 17.0 Å². The molecule has 3 heterocycles. The number of nitrogens with zero attached hydrogens (tertiary/aromatic N) is 3. The van der Waals surface area contributed by atoms with Gasteiger partial charge in [-0.2, -0.15) is 4.57 Å². The van der Waals surface area contributed by atoms with Crippen molar-refractivity contribution in [1.29, 1.82) is 0 Å². The Hall–Kier alpha value is -2.92. The summed E-state index contributed by atoms with van der Waals surface area (Å²) in [4.78, 5) is 4.24. The molecule has 1 aliphatic heterocycles. The fourth-order valence-electron chi connectivity index (χ4n) is 4.41. The van der Waals surface area contributed by atoms with E-state index in [1.165, 1.54) is 41.9 Å². The maximum atomic E-state index is 5.67. The molecule has 2 aromatic heterocycles. The van der Waals surface area contributed by atoms with Crippen LogP contribution in [0.1, 0.15) is 25.1 Å². The molecule has 0 bridgehead atoms. The number of halogens is 1. The third-order valence-electron chi connectivity index (χ3n) is 5.93. The molecule has 4 aromatic rings. The molecule has 0 saturated carbocycles. The molecule has 2 aromatic carbocycles. The van der Waals surface area contributed by atoms with Crippen molar-refractivity contribution >= 4 is 0 Å². The maximum absolute atomic E-state index is 5.67. The van der Waals surface area contributed by atoms with Crippen LogP contribution in [0.5, 0.6) is 5.75 Å². The first-order valence-corrected chi connectivity index (χ1v) is 10.6. The van der Waals surface area contributed by atoms with Crippen molar-refractivity contribution in [3.05, 3.63) is 85.1 Å². The van der Waals surface area contributed by atoms with E-state index in [1.807, 2.05) is 30.6 Å². The molecule has 4 nitrogen and oxygen atoms in total. The number of benzene rings is 2. The van der Waals surface area contributed by atoms with Gasteiger partial charge in [-0.3, -0.25) is 4.98 Å². The Labute approximate surface area is 193 Å². The molecule has 0 atom stereocenters. The minimum Gasteiger partial charge on any atom is -1.00 e. The second-order valence-electron chi connectivity index (χ2n) is 7.75. The van der Waals surface area contributed by atoms with E-state index in [0.717, 1.165) is 30.0 Å². The highest BCUT2D eigenvalue weighted by atomic mass is 79.9. The van der Waals surface area contributed by atoms with Crippen LogP contribution < -0.4 is 26.3 Å². The molecule has 158 valence electrons. The van der Waals surface area contributed by atoms with Gasteiger partial charge in [0.25, 0.3) is 5.82 Å². The SMILES string of the molecule is COc1ccccc1-[n+]1cc(-c2ccc(-c3cccnc3)cc2)n2c1CCCCC2.[Br-]. The lowest BCUT2D eigenvalue weighted by Gasteiger charge is -2.06. The van der Waals surface area contributed by atoms with Crippen molar-refractivity contribution in [3.63, 3.8) is 0 Å². The maximum Gasteiger partial charge on any atom is 0.262 e. The van der Waals surface area contributed by atoms with Gasteiger partial charge in [-0.05, 0) is 60.7 Å². The highest BCUT2D eigenvalue weighted by Gasteiger charge is 2.28. The highest BCUT2D eigenvalue weighted by Crippen LogP contribution is 2.29. The van der Waals surface area contributed by atoms with Gasteiger partial charge in [0, 0.05) is 24.4 Å². The lowest BCUT2D eigenvalue weighted by Crippen LogP contribution is -3.00. The molecule has 0 fully saturated rings. The third kappa shape index (κ3) is 4.15. The van der Waals surface area contributed by atoms with Crippen LogP contribution in [0.15, 0.2) is 79.3 Å². The summed E-state index contributed by atoms with van der Waals surface area (Å²) in [6, 6.07) is 21.2. The first-order chi connectivity index (χ1) is 14.8. The zero-order valence-electron chi connectivity index (χ0n) is 17.7. The summed E-state index contributed by atoms with van der Waals surface area (Å²) >= 11 is 0. The van der Waals surface area contributed by atoms with E-state index in [1.54, 1.807) is 7.11 Å². The monoisotopic (exact) mass is 475 g/mol. The average Bonchev–Trinajstić information content (AvgIpc) is 3.00. The predicted molar refractivity (Wildman–Crippen MR) is 119 cm³/mol. The molecule has 0 unspecified atom stereocenters. The molecular weight excluding hydrogens is 450 g/mol. The summed E-state index contributed by atoms with van der Waals surface area (Å²) in [5.74, 6) is 2.25. The van der Waals surface area contributed by atoms with Crippen molar-refractivity contribution in [2.24, 2.45) is 0 Å². The Kier molecular flexibility index (Phi) is 6.52. The van der Waals surface area contributed by atoms with E-state index in [4.69, 9.17) is 4.74 Å². The van der Waals surface area contributed by atoms with Crippen LogP contribution in [0, 0.1) is 0 Å². The van der Waals surface area contributed by atoms with Gasteiger partial charge in [0.15, 0.2) is 17.1 Å². The number of ether oxygens (including phenoxy) is 1. The minimum atomic E-state index is 0. The van der Waals surface area contributed by atoms with Crippen molar-refractivity contribution in [2.75, 3.05) is 7.11 Å². The molecule has 0 radical (unpaired) electrons. The molecule has 5 heteroatoms. The summed E-state index contributed by atoms with van der Waals surface area (Å²) in [5, 5.41) is 0. The molecule has 0 amide bonds. The molecular formula is C26H26BrN3O. The summed E-state index contributed by atoms with van der Waals surface area (Å²) in [5.41, 5.74) is 5.92. The third-order valence-corrected chi connectivity index (χ3v) is 5.93. The summed E-state index contributed by atoms with van der Waals surface area (Å²) in [6.45, 7) is 1.05. The van der Waals surface area contributed by atoms with Crippen molar-refractivity contribution in [2.45, 2.75) is 32.2 Å². The van der Waals surface area contributed by atoms with Crippen LogP contribution in [0.2, 0.25) is 0 Å². The predicted octanol–water partition coefficient (Wildman–Crippen LogP) is 2.23. The summed E-state index contributed by atoms with van der Waals surface area (Å²) < 4.78 is 10.5. The van der Waals surface area contributed by atoms with Gasteiger partial charge >= 0.3 is 0 Å². The van der Waals surface area contributed by atoms with Gasteiger partial charge in [0.2, 0.25) is 0 Å². The normalized spacial score (nSPS) is 13.1. The quantitative estimate of drug-likeness (QED) is 0.423. The number of rotatable bonds is 4. The van der Waals surface area contributed by atoms with Crippen LogP contribution in [-0.2, 0) is 13.0 Å². The first kappa shape index (κ1) is 21.3. The summed E-state index contributed by atoms with van der Waals surface area (Å²) in [7, 11) is 1.74. The van der Waals surface area contributed by atoms with E-state index >= 15 is 0 Å². The number of imidazole rings is 1. The Morgan fingerprint density at radius 3 is 2.45 bits per heavy atom. The summed E-state index contributed by atoms with van der Waals surface area (Å²) in [6.07, 6.45) is 10.8. The zero-order valence-corrected chi connectivity index (χ0v) is 19.3. The average molecular weight is 476 g/mol. The van der Waals surface area contributed by atoms with Crippen LogP contribution in [0.25, 0.3) is 28.1 Å². The molecule has 31 heavy (non-hydrogen) atoms. The van der Waals surface area contributed by atoms with Crippen molar-refractivity contribution < 1.29 is 26.3 Å². The van der Waals surface area contributed by atoms with Crippen LogP contribution in [-0.4, -0.2) is 16.7 Å². The Balaban J connectivity index is 0.00000231. The number of hydrogen-bond acceptors (Lipinski definition) is 2. The molecule has 0 saturated heterocycles. The minimum absolute atomic E-state index is 0. The Morgan fingerprint density at radius 1 is 0.871 bits per heavy atom. The van der Waals surface area contributed by atoms with Crippen LogP contribution in [0.4, 0.5) is 0 Å². The topological polar surface area (TPSA) is 30.9 Å². The van der Waals surface area contributed by atoms with E-state index in [2.05, 4.69) is 62.8 Å². The number of hydrogen-bond donors (Lipinski definition) is 0.